The molecule has 1 fully saturated rings. The van der Waals surface area contributed by atoms with Gasteiger partial charge in [-0.2, -0.15) is 0 Å². The van der Waals surface area contributed by atoms with E-state index in [1.165, 1.54) is 5.56 Å². The van der Waals surface area contributed by atoms with Gasteiger partial charge in [-0.25, -0.2) is 0 Å². The first-order valence-electron chi connectivity index (χ1n) is 5.12. The second-order valence-corrected chi connectivity index (χ2v) is 5.04. The van der Waals surface area contributed by atoms with Crippen LogP contribution >= 0.6 is 15.9 Å². The van der Waals surface area contributed by atoms with E-state index < -0.39 is 0 Å². The molecule has 0 heterocycles. The van der Waals surface area contributed by atoms with Gasteiger partial charge in [0.05, 0.1) is 17.7 Å². The lowest BCUT2D eigenvalue weighted by molar-refractivity contribution is 0.150. The Labute approximate surface area is 98.4 Å². The molecule has 15 heavy (non-hydrogen) atoms. The molecule has 1 aliphatic carbocycles. The van der Waals surface area contributed by atoms with Gasteiger partial charge in [-0.1, -0.05) is 6.07 Å². The van der Waals surface area contributed by atoms with E-state index in [9.17, 15) is 5.11 Å². The lowest BCUT2D eigenvalue weighted by Gasteiger charge is -2.20. The topological polar surface area (TPSA) is 29.5 Å². The van der Waals surface area contributed by atoms with Gasteiger partial charge in [0.1, 0.15) is 5.75 Å². The van der Waals surface area contributed by atoms with Crippen LogP contribution in [0.15, 0.2) is 22.7 Å². The molecule has 0 aliphatic heterocycles. The average molecular weight is 271 g/mol. The van der Waals surface area contributed by atoms with Crippen molar-refractivity contribution in [3.8, 4) is 5.75 Å². The molecule has 1 unspecified atom stereocenters. The smallest absolute Gasteiger partial charge is 0.133 e. The quantitative estimate of drug-likeness (QED) is 0.916. The Morgan fingerprint density at radius 1 is 1.47 bits per heavy atom. The summed E-state index contributed by atoms with van der Waals surface area (Å²) in [6, 6.07) is 6.06. The SMILES string of the molecule is COc1cc(C2(C(C)O)CC2)ccc1Br. The summed E-state index contributed by atoms with van der Waals surface area (Å²) in [5.41, 5.74) is 1.16. The summed E-state index contributed by atoms with van der Waals surface area (Å²) in [6.07, 6.45) is 1.84. The van der Waals surface area contributed by atoms with Crippen LogP contribution in [-0.2, 0) is 5.41 Å². The van der Waals surface area contributed by atoms with E-state index in [2.05, 4.69) is 22.0 Å². The lowest BCUT2D eigenvalue weighted by atomic mass is 9.91. The number of benzene rings is 1. The third-order valence-corrected chi connectivity index (χ3v) is 3.97. The normalized spacial score (nSPS) is 19.7. The maximum absolute atomic E-state index is 9.78. The molecule has 0 radical (unpaired) electrons. The van der Waals surface area contributed by atoms with Crippen molar-refractivity contribution in [3.05, 3.63) is 28.2 Å². The fraction of sp³-hybridized carbons (Fsp3) is 0.500. The van der Waals surface area contributed by atoms with Crippen LogP contribution in [0.4, 0.5) is 0 Å². The van der Waals surface area contributed by atoms with Crippen LogP contribution in [0.25, 0.3) is 0 Å². The van der Waals surface area contributed by atoms with E-state index in [-0.39, 0.29) is 11.5 Å². The summed E-state index contributed by atoms with van der Waals surface area (Å²) < 4.78 is 6.21. The molecule has 1 aromatic carbocycles. The highest BCUT2D eigenvalue weighted by molar-refractivity contribution is 9.10. The van der Waals surface area contributed by atoms with Crippen LogP contribution in [0.1, 0.15) is 25.3 Å². The van der Waals surface area contributed by atoms with E-state index in [0.29, 0.717) is 0 Å². The van der Waals surface area contributed by atoms with Gasteiger partial charge in [0.25, 0.3) is 0 Å². The molecule has 0 bridgehead atoms. The van der Waals surface area contributed by atoms with Crippen molar-refractivity contribution in [2.75, 3.05) is 7.11 Å². The summed E-state index contributed by atoms with van der Waals surface area (Å²) in [7, 11) is 1.66. The van der Waals surface area contributed by atoms with Crippen LogP contribution in [0.3, 0.4) is 0 Å². The van der Waals surface area contributed by atoms with Gasteiger partial charge in [0.15, 0.2) is 0 Å². The van der Waals surface area contributed by atoms with Crippen molar-refractivity contribution in [2.45, 2.75) is 31.3 Å². The molecular formula is C12H15BrO2. The minimum absolute atomic E-state index is 0.0199. The minimum atomic E-state index is -0.289. The first kappa shape index (κ1) is 11.0. The number of hydrogen-bond acceptors (Lipinski definition) is 2. The predicted octanol–water partition coefficient (Wildman–Crippen LogP) is 2.87. The van der Waals surface area contributed by atoms with Crippen molar-refractivity contribution >= 4 is 15.9 Å². The largest absolute Gasteiger partial charge is 0.496 e. The first-order chi connectivity index (χ1) is 7.10. The average Bonchev–Trinajstić information content (AvgIpc) is 2.99. The number of aliphatic hydroxyl groups is 1. The van der Waals surface area contributed by atoms with Gasteiger partial charge in [0.2, 0.25) is 0 Å². The Morgan fingerprint density at radius 3 is 2.60 bits per heavy atom. The van der Waals surface area contributed by atoms with Crippen molar-refractivity contribution < 1.29 is 9.84 Å². The minimum Gasteiger partial charge on any atom is -0.496 e. The number of halogens is 1. The highest BCUT2D eigenvalue weighted by atomic mass is 79.9. The highest BCUT2D eigenvalue weighted by Gasteiger charge is 2.48. The van der Waals surface area contributed by atoms with Crippen LogP contribution in [0.5, 0.6) is 5.75 Å². The summed E-state index contributed by atoms with van der Waals surface area (Å²) in [4.78, 5) is 0. The fourth-order valence-corrected chi connectivity index (χ4v) is 2.46. The van der Waals surface area contributed by atoms with Crippen molar-refractivity contribution in [1.82, 2.24) is 0 Å². The predicted molar refractivity (Wildman–Crippen MR) is 63.3 cm³/mol. The van der Waals surface area contributed by atoms with E-state index in [4.69, 9.17) is 4.74 Å². The Hall–Kier alpha value is -0.540. The molecule has 3 heteroatoms. The van der Waals surface area contributed by atoms with Crippen molar-refractivity contribution in [3.63, 3.8) is 0 Å². The molecule has 82 valence electrons. The van der Waals surface area contributed by atoms with Crippen molar-refractivity contribution in [1.29, 1.82) is 0 Å². The molecular weight excluding hydrogens is 256 g/mol. The van der Waals surface area contributed by atoms with E-state index >= 15 is 0 Å². The number of rotatable bonds is 3. The molecule has 2 nitrogen and oxygen atoms in total. The number of ether oxygens (including phenoxy) is 1. The zero-order chi connectivity index (χ0) is 11.1. The Balaban J connectivity index is 2.38. The maximum atomic E-state index is 9.78. The molecule has 1 N–H and O–H groups in total. The molecule has 0 saturated heterocycles. The molecule has 0 aromatic heterocycles. The zero-order valence-electron chi connectivity index (χ0n) is 8.96. The molecule has 1 aliphatic rings. The second-order valence-electron chi connectivity index (χ2n) is 4.18. The summed E-state index contributed by atoms with van der Waals surface area (Å²) in [5.74, 6) is 0.833. The van der Waals surface area contributed by atoms with Crippen LogP contribution in [0, 0.1) is 0 Å². The summed E-state index contributed by atoms with van der Waals surface area (Å²) >= 11 is 3.43. The number of aliphatic hydroxyl groups excluding tert-OH is 1. The fourth-order valence-electron chi connectivity index (χ4n) is 2.05. The molecule has 1 atom stereocenters. The van der Waals surface area contributed by atoms with Crippen LogP contribution < -0.4 is 4.74 Å². The monoisotopic (exact) mass is 270 g/mol. The van der Waals surface area contributed by atoms with Gasteiger partial charge >= 0.3 is 0 Å². The van der Waals surface area contributed by atoms with Gasteiger partial charge in [0, 0.05) is 5.41 Å². The number of methoxy groups -OCH3 is 1. The van der Waals surface area contributed by atoms with E-state index in [0.717, 1.165) is 23.1 Å². The first-order valence-corrected chi connectivity index (χ1v) is 5.91. The second kappa shape index (κ2) is 3.80. The van der Waals surface area contributed by atoms with E-state index in [1.54, 1.807) is 7.11 Å². The Morgan fingerprint density at radius 2 is 2.13 bits per heavy atom. The highest BCUT2D eigenvalue weighted by Crippen LogP contribution is 2.51. The van der Waals surface area contributed by atoms with Gasteiger partial charge in [-0.05, 0) is 53.4 Å². The Kier molecular flexibility index (Phi) is 2.77. The van der Waals surface area contributed by atoms with Crippen LogP contribution in [0.2, 0.25) is 0 Å². The summed E-state index contributed by atoms with van der Waals surface area (Å²) in [6.45, 7) is 1.86. The third kappa shape index (κ3) is 1.79. The summed E-state index contributed by atoms with van der Waals surface area (Å²) in [5, 5.41) is 9.78. The lowest BCUT2D eigenvalue weighted by Crippen LogP contribution is -2.22. The molecule has 2 rings (SSSR count). The van der Waals surface area contributed by atoms with Crippen molar-refractivity contribution in [2.24, 2.45) is 0 Å². The van der Waals surface area contributed by atoms with E-state index in [1.807, 2.05) is 19.1 Å². The Bertz CT molecular complexity index is 370. The molecule has 0 amide bonds. The molecule has 1 saturated carbocycles. The van der Waals surface area contributed by atoms with Gasteiger partial charge in [-0.3, -0.25) is 0 Å². The van der Waals surface area contributed by atoms with Crippen LogP contribution in [-0.4, -0.2) is 18.3 Å². The van der Waals surface area contributed by atoms with Gasteiger partial charge < -0.3 is 9.84 Å². The zero-order valence-corrected chi connectivity index (χ0v) is 10.5. The maximum Gasteiger partial charge on any atom is 0.133 e. The molecule has 1 aromatic rings. The number of hydrogen-bond donors (Lipinski definition) is 1. The molecule has 0 spiro atoms. The third-order valence-electron chi connectivity index (χ3n) is 3.31. The standard InChI is InChI=1S/C12H15BrO2/c1-8(14)12(5-6-12)9-3-4-10(13)11(7-9)15-2/h3-4,7-8,14H,5-6H2,1-2H3. The van der Waals surface area contributed by atoms with Gasteiger partial charge in [-0.15, -0.1) is 0 Å².